The van der Waals surface area contributed by atoms with Crippen LogP contribution in [0, 0.1) is 0 Å². The Balaban J connectivity index is 1.99. The van der Waals surface area contributed by atoms with Gasteiger partial charge in [0, 0.05) is 19.1 Å². The number of alkyl halides is 3. The molecule has 1 aliphatic rings. The lowest BCUT2D eigenvalue weighted by atomic mass is 10.1. The average Bonchev–Trinajstić information content (AvgIpc) is 2.54. The monoisotopic (exact) mass is 366 g/mol. The molecule has 6 nitrogen and oxygen atoms in total. The van der Waals surface area contributed by atoms with E-state index in [0.717, 1.165) is 0 Å². The summed E-state index contributed by atoms with van der Waals surface area (Å²) in [5, 5.41) is 1.88. The molecule has 0 aromatic heterocycles. The largest absolute Gasteiger partial charge is 0.497 e. The number of hydrogen-bond donors (Lipinski definition) is 1. The van der Waals surface area contributed by atoms with E-state index in [1.165, 1.54) is 35.7 Å². The number of carbonyl (C=O) groups excluding carboxylic acids is 1. The number of halogens is 3. The van der Waals surface area contributed by atoms with Crippen molar-refractivity contribution in [2.24, 2.45) is 0 Å². The number of carbonyl (C=O) groups is 1. The molecule has 1 amide bonds. The zero-order chi connectivity index (χ0) is 18.0. The van der Waals surface area contributed by atoms with Gasteiger partial charge in [0.25, 0.3) is 0 Å². The van der Waals surface area contributed by atoms with Crippen LogP contribution < -0.4 is 10.1 Å². The van der Waals surface area contributed by atoms with Crippen LogP contribution in [0.3, 0.4) is 0 Å². The van der Waals surface area contributed by atoms with E-state index in [2.05, 4.69) is 0 Å². The van der Waals surface area contributed by atoms with Gasteiger partial charge in [0.05, 0.1) is 12.0 Å². The molecular formula is C14H17F3N2O4S. The summed E-state index contributed by atoms with van der Waals surface area (Å²) in [4.78, 5) is 11.0. The third kappa shape index (κ3) is 4.18. The molecule has 0 spiro atoms. The number of rotatable bonds is 4. The minimum Gasteiger partial charge on any atom is -0.497 e. The summed E-state index contributed by atoms with van der Waals surface area (Å²) in [5.41, 5.74) is 0. The molecule has 0 unspecified atom stereocenters. The molecule has 10 heteroatoms. The molecule has 0 radical (unpaired) electrons. The van der Waals surface area contributed by atoms with E-state index in [9.17, 15) is 26.4 Å². The second kappa shape index (κ2) is 6.98. The highest BCUT2D eigenvalue weighted by Crippen LogP contribution is 2.23. The van der Waals surface area contributed by atoms with Crippen molar-refractivity contribution in [3.05, 3.63) is 24.3 Å². The van der Waals surface area contributed by atoms with Crippen molar-refractivity contribution in [1.82, 2.24) is 9.62 Å². The minimum atomic E-state index is -4.94. The fraction of sp³-hybridized carbons (Fsp3) is 0.500. The number of piperidine rings is 1. The molecule has 1 aliphatic heterocycles. The van der Waals surface area contributed by atoms with Crippen molar-refractivity contribution >= 4 is 15.9 Å². The van der Waals surface area contributed by atoms with Gasteiger partial charge in [-0.25, -0.2) is 8.42 Å². The predicted octanol–water partition coefficient (Wildman–Crippen LogP) is 1.53. The number of hydrogen-bond acceptors (Lipinski definition) is 4. The molecule has 134 valence electrons. The highest BCUT2D eigenvalue weighted by molar-refractivity contribution is 7.89. The first kappa shape index (κ1) is 18.5. The molecule has 1 aromatic rings. The molecule has 24 heavy (non-hydrogen) atoms. The fourth-order valence-electron chi connectivity index (χ4n) is 2.40. The van der Waals surface area contributed by atoms with E-state index in [1.54, 1.807) is 0 Å². The smallest absolute Gasteiger partial charge is 0.471 e. The second-order valence-corrected chi connectivity index (χ2v) is 7.26. The molecule has 0 aliphatic carbocycles. The van der Waals surface area contributed by atoms with E-state index in [4.69, 9.17) is 4.74 Å². The summed E-state index contributed by atoms with van der Waals surface area (Å²) in [5.74, 6) is -1.48. The Hall–Kier alpha value is -1.81. The molecule has 0 atom stereocenters. The zero-order valence-corrected chi connectivity index (χ0v) is 13.7. The highest BCUT2D eigenvalue weighted by Gasteiger charge is 2.40. The van der Waals surface area contributed by atoms with E-state index in [-0.39, 0.29) is 30.8 Å². The summed E-state index contributed by atoms with van der Waals surface area (Å²) in [6.07, 6.45) is -4.69. The molecule has 1 aromatic carbocycles. The van der Waals surface area contributed by atoms with Crippen LogP contribution in [0.4, 0.5) is 13.2 Å². The lowest BCUT2D eigenvalue weighted by Gasteiger charge is -2.31. The van der Waals surface area contributed by atoms with Crippen molar-refractivity contribution in [1.29, 1.82) is 0 Å². The summed E-state index contributed by atoms with van der Waals surface area (Å²) in [7, 11) is -2.26. The quantitative estimate of drug-likeness (QED) is 0.877. The van der Waals surface area contributed by atoms with Gasteiger partial charge >= 0.3 is 12.1 Å². The maximum Gasteiger partial charge on any atom is 0.471 e. The van der Waals surface area contributed by atoms with Gasteiger partial charge in [-0.05, 0) is 37.1 Å². The number of ether oxygens (including phenoxy) is 1. The molecule has 0 bridgehead atoms. The lowest BCUT2D eigenvalue weighted by Crippen LogP contribution is -2.49. The van der Waals surface area contributed by atoms with Crippen LogP contribution in [-0.4, -0.2) is 51.0 Å². The molecule has 1 saturated heterocycles. The van der Waals surface area contributed by atoms with Gasteiger partial charge in [-0.3, -0.25) is 4.79 Å². The Morgan fingerprint density at radius 1 is 1.21 bits per heavy atom. The van der Waals surface area contributed by atoms with Crippen molar-refractivity contribution in [2.45, 2.75) is 30.0 Å². The van der Waals surface area contributed by atoms with Gasteiger partial charge in [0.2, 0.25) is 10.0 Å². The first-order valence-corrected chi connectivity index (χ1v) is 8.60. The summed E-state index contributed by atoms with van der Waals surface area (Å²) in [6.45, 7) is 0.0777. The van der Waals surface area contributed by atoms with Crippen molar-refractivity contribution in [3.63, 3.8) is 0 Å². The number of methoxy groups -OCH3 is 1. The Kier molecular flexibility index (Phi) is 5.38. The van der Waals surface area contributed by atoms with Crippen LogP contribution in [0.2, 0.25) is 0 Å². The van der Waals surface area contributed by atoms with Gasteiger partial charge in [-0.15, -0.1) is 0 Å². The lowest BCUT2D eigenvalue weighted by molar-refractivity contribution is -0.174. The molecule has 1 fully saturated rings. The van der Waals surface area contributed by atoms with E-state index in [0.29, 0.717) is 5.75 Å². The maximum absolute atomic E-state index is 12.5. The Labute approximate surface area is 137 Å². The number of amides is 1. The standard InChI is InChI=1S/C14H17F3N2O4S/c1-23-11-2-4-12(5-3-11)24(21,22)19-8-6-10(7-9-19)18-13(20)14(15,16)17/h2-5,10H,6-9H2,1H3,(H,18,20). The van der Waals surface area contributed by atoms with E-state index >= 15 is 0 Å². The summed E-state index contributed by atoms with van der Waals surface area (Å²) < 4.78 is 67.8. The van der Waals surface area contributed by atoms with Crippen LogP contribution in [0.5, 0.6) is 5.75 Å². The number of nitrogens with zero attached hydrogens (tertiary/aromatic N) is 1. The van der Waals surface area contributed by atoms with Gasteiger partial charge in [0.1, 0.15) is 5.75 Å². The van der Waals surface area contributed by atoms with Crippen LogP contribution in [0.25, 0.3) is 0 Å². The van der Waals surface area contributed by atoms with Gasteiger partial charge in [0.15, 0.2) is 0 Å². The maximum atomic E-state index is 12.5. The summed E-state index contributed by atoms with van der Waals surface area (Å²) in [6, 6.07) is 5.16. The third-order valence-electron chi connectivity index (χ3n) is 3.74. The number of nitrogens with one attached hydrogen (secondary N) is 1. The Morgan fingerprint density at radius 3 is 2.21 bits per heavy atom. The topological polar surface area (TPSA) is 75.7 Å². The Bertz CT molecular complexity index is 681. The van der Waals surface area contributed by atoms with Gasteiger partial charge < -0.3 is 10.1 Å². The van der Waals surface area contributed by atoms with Crippen molar-refractivity contribution in [3.8, 4) is 5.75 Å². The molecule has 0 saturated carbocycles. The van der Waals surface area contributed by atoms with Crippen molar-refractivity contribution in [2.75, 3.05) is 20.2 Å². The van der Waals surface area contributed by atoms with E-state index < -0.39 is 28.1 Å². The SMILES string of the molecule is COc1ccc(S(=O)(=O)N2CCC(NC(=O)C(F)(F)F)CC2)cc1. The minimum absolute atomic E-state index is 0.0389. The molecule has 1 N–H and O–H groups in total. The first-order chi connectivity index (χ1) is 11.1. The van der Waals surface area contributed by atoms with Crippen molar-refractivity contribution < 1.29 is 31.1 Å². The van der Waals surface area contributed by atoms with Crippen LogP contribution in [0.1, 0.15) is 12.8 Å². The van der Waals surface area contributed by atoms with Crippen LogP contribution >= 0.6 is 0 Å². The molecular weight excluding hydrogens is 349 g/mol. The zero-order valence-electron chi connectivity index (χ0n) is 12.8. The molecule has 1 heterocycles. The fourth-order valence-corrected chi connectivity index (χ4v) is 3.87. The van der Waals surface area contributed by atoms with Gasteiger partial charge in [-0.1, -0.05) is 0 Å². The van der Waals surface area contributed by atoms with Crippen LogP contribution in [-0.2, 0) is 14.8 Å². The normalized spacial score (nSPS) is 17.5. The van der Waals surface area contributed by atoms with Crippen LogP contribution in [0.15, 0.2) is 29.2 Å². The predicted molar refractivity (Wildman–Crippen MR) is 79.0 cm³/mol. The molecule has 2 rings (SSSR count). The first-order valence-electron chi connectivity index (χ1n) is 7.16. The van der Waals surface area contributed by atoms with Gasteiger partial charge in [-0.2, -0.15) is 17.5 Å². The second-order valence-electron chi connectivity index (χ2n) is 5.33. The average molecular weight is 366 g/mol. The van der Waals surface area contributed by atoms with E-state index in [1.807, 2.05) is 5.32 Å². The number of sulfonamides is 1. The Morgan fingerprint density at radius 2 is 1.75 bits per heavy atom. The summed E-state index contributed by atoms with van der Waals surface area (Å²) >= 11 is 0. The highest BCUT2D eigenvalue weighted by atomic mass is 32.2. The number of benzene rings is 1. The third-order valence-corrected chi connectivity index (χ3v) is 5.66.